The summed E-state index contributed by atoms with van der Waals surface area (Å²) in [5, 5.41) is 0. The van der Waals surface area contributed by atoms with Crippen molar-refractivity contribution in [3.05, 3.63) is 77.0 Å². The minimum Gasteiger partial charge on any atom is -0.366 e. The second kappa shape index (κ2) is 7.39. The molecule has 0 aromatic heterocycles. The van der Waals surface area contributed by atoms with Crippen LogP contribution in [0.3, 0.4) is 0 Å². The lowest BCUT2D eigenvalue weighted by molar-refractivity contribution is -0.138. The van der Waals surface area contributed by atoms with Crippen LogP contribution < -0.4 is 0 Å². The molecule has 2 heterocycles. The zero-order valence-corrected chi connectivity index (χ0v) is 15.6. The molecule has 2 aliphatic heterocycles. The van der Waals surface area contributed by atoms with E-state index in [1.165, 1.54) is 12.1 Å². The number of hydrogen-bond donors (Lipinski definition) is 0. The highest BCUT2D eigenvalue weighted by Crippen LogP contribution is 2.35. The lowest BCUT2D eigenvalue weighted by atomic mass is 10.0. The fourth-order valence-corrected chi connectivity index (χ4v) is 3.83. The van der Waals surface area contributed by atoms with Crippen LogP contribution in [0.2, 0.25) is 0 Å². The van der Waals surface area contributed by atoms with Crippen molar-refractivity contribution < 1.29 is 22.8 Å². The zero-order chi connectivity index (χ0) is 20.6. The third-order valence-corrected chi connectivity index (χ3v) is 5.22. The molecule has 1 saturated heterocycles. The maximum atomic E-state index is 13.2. The minimum absolute atomic E-state index is 0.199. The molecule has 0 N–H and O–H groups in total. The SMILES string of the molecule is O=C1C(c2ccccc2)=C(N2CCCC2)C(=O)N1Cc1cccc(C(F)(F)F)c1. The van der Waals surface area contributed by atoms with Crippen molar-refractivity contribution >= 4 is 17.4 Å². The van der Waals surface area contributed by atoms with Crippen LogP contribution in [-0.4, -0.2) is 34.7 Å². The van der Waals surface area contributed by atoms with Crippen molar-refractivity contribution in [3.63, 3.8) is 0 Å². The molecular formula is C22H19F3N2O2. The van der Waals surface area contributed by atoms with Gasteiger partial charge in [0, 0.05) is 13.1 Å². The first-order valence-electron chi connectivity index (χ1n) is 9.43. The number of alkyl halides is 3. The monoisotopic (exact) mass is 400 g/mol. The van der Waals surface area contributed by atoms with Gasteiger partial charge >= 0.3 is 6.18 Å². The summed E-state index contributed by atoms with van der Waals surface area (Å²) in [5.41, 5.74) is 0.774. The van der Waals surface area contributed by atoms with Crippen molar-refractivity contribution in [3.8, 4) is 0 Å². The molecule has 0 saturated carbocycles. The predicted octanol–water partition coefficient (Wildman–Crippen LogP) is 4.08. The number of carbonyl (C=O) groups is 2. The molecule has 0 bridgehead atoms. The highest BCUT2D eigenvalue weighted by Gasteiger charge is 2.42. The molecule has 2 aromatic rings. The molecule has 150 valence electrons. The van der Waals surface area contributed by atoms with Gasteiger partial charge in [0.05, 0.1) is 17.7 Å². The Morgan fingerprint density at radius 3 is 2.21 bits per heavy atom. The number of likely N-dealkylation sites (tertiary alicyclic amines) is 1. The third kappa shape index (κ3) is 3.64. The first-order chi connectivity index (χ1) is 13.9. The van der Waals surface area contributed by atoms with Crippen LogP contribution in [0.15, 0.2) is 60.3 Å². The number of hydrogen-bond acceptors (Lipinski definition) is 3. The first kappa shape index (κ1) is 19.2. The smallest absolute Gasteiger partial charge is 0.366 e. The molecule has 4 rings (SSSR count). The van der Waals surface area contributed by atoms with E-state index >= 15 is 0 Å². The van der Waals surface area contributed by atoms with Crippen LogP contribution in [0.5, 0.6) is 0 Å². The van der Waals surface area contributed by atoms with Crippen LogP contribution in [0.25, 0.3) is 5.57 Å². The van der Waals surface area contributed by atoms with E-state index in [0.29, 0.717) is 29.9 Å². The van der Waals surface area contributed by atoms with Crippen LogP contribution in [-0.2, 0) is 22.3 Å². The second-order valence-electron chi connectivity index (χ2n) is 7.18. The van der Waals surface area contributed by atoms with Crippen LogP contribution in [0.4, 0.5) is 13.2 Å². The van der Waals surface area contributed by atoms with Crippen molar-refractivity contribution in [2.45, 2.75) is 25.6 Å². The Morgan fingerprint density at radius 2 is 1.55 bits per heavy atom. The van der Waals surface area contributed by atoms with E-state index in [1.54, 1.807) is 24.3 Å². The highest BCUT2D eigenvalue weighted by molar-refractivity contribution is 6.35. The molecular weight excluding hydrogens is 381 g/mol. The summed E-state index contributed by atoms with van der Waals surface area (Å²) in [6.45, 7) is 1.17. The van der Waals surface area contributed by atoms with Crippen LogP contribution in [0, 0.1) is 0 Å². The zero-order valence-electron chi connectivity index (χ0n) is 15.6. The Kier molecular flexibility index (Phi) is 4.90. The highest BCUT2D eigenvalue weighted by atomic mass is 19.4. The second-order valence-corrected chi connectivity index (χ2v) is 7.18. The average molecular weight is 400 g/mol. The van der Waals surface area contributed by atoms with Crippen LogP contribution in [0.1, 0.15) is 29.5 Å². The summed E-state index contributed by atoms with van der Waals surface area (Å²) in [6.07, 6.45) is -2.62. The van der Waals surface area contributed by atoms with E-state index in [-0.39, 0.29) is 12.1 Å². The van der Waals surface area contributed by atoms with Gasteiger partial charge in [0.2, 0.25) is 0 Å². The average Bonchev–Trinajstić information content (AvgIpc) is 3.31. The topological polar surface area (TPSA) is 40.6 Å². The van der Waals surface area contributed by atoms with Gasteiger partial charge < -0.3 is 4.90 Å². The summed E-state index contributed by atoms with van der Waals surface area (Å²) >= 11 is 0. The molecule has 0 aliphatic carbocycles. The maximum absolute atomic E-state index is 13.2. The van der Waals surface area contributed by atoms with Gasteiger partial charge in [-0.05, 0) is 36.1 Å². The number of carbonyl (C=O) groups excluding carboxylic acids is 2. The van der Waals surface area contributed by atoms with Crippen molar-refractivity contribution in [1.82, 2.24) is 9.80 Å². The van der Waals surface area contributed by atoms with Gasteiger partial charge in [-0.3, -0.25) is 14.5 Å². The molecule has 0 radical (unpaired) electrons. The van der Waals surface area contributed by atoms with E-state index in [2.05, 4.69) is 0 Å². The number of benzene rings is 2. The van der Waals surface area contributed by atoms with Gasteiger partial charge in [-0.1, -0.05) is 42.5 Å². The largest absolute Gasteiger partial charge is 0.416 e. The van der Waals surface area contributed by atoms with E-state index in [9.17, 15) is 22.8 Å². The summed E-state index contributed by atoms with van der Waals surface area (Å²) < 4.78 is 39.1. The lowest BCUT2D eigenvalue weighted by Crippen LogP contribution is -2.34. The molecule has 2 amide bonds. The van der Waals surface area contributed by atoms with Crippen LogP contribution >= 0.6 is 0 Å². The van der Waals surface area contributed by atoms with Gasteiger partial charge in [0.1, 0.15) is 5.70 Å². The summed E-state index contributed by atoms with van der Waals surface area (Å²) in [5.74, 6) is -0.923. The number of rotatable bonds is 4. The Morgan fingerprint density at radius 1 is 0.862 bits per heavy atom. The quantitative estimate of drug-likeness (QED) is 0.727. The normalized spacial score (nSPS) is 17.6. The molecule has 4 nitrogen and oxygen atoms in total. The fraction of sp³-hybridized carbons (Fsp3) is 0.273. The first-order valence-corrected chi connectivity index (χ1v) is 9.43. The number of imide groups is 1. The Balaban J connectivity index is 1.69. The van der Waals surface area contributed by atoms with E-state index < -0.39 is 23.6 Å². The number of nitrogens with zero attached hydrogens (tertiary/aromatic N) is 2. The van der Waals surface area contributed by atoms with Gasteiger partial charge in [0.25, 0.3) is 11.8 Å². The molecule has 2 aromatic carbocycles. The summed E-state index contributed by atoms with van der Waals surface area (Å²) in [4.78, 5) is 29.3. The number of halogens is 3. The molecule has 7 heteroatoms. The summed E-state index contributed by atoms with van der Waals surface area (Å²) in [6, 6.07) is 13.7. The molecule has 1 fully saturated rings. The van der Waals surface area contributed by atoms with Crippen molar-refractivity contribution in [2.75, 3.05) is 13.1 Å². The molecule has 2 aliphatic rings. The standard InChI is InChI=1S/C22H19F3N2O2/c23-22(24,25)17-10-6-7-15(13-17)14-27-20(28)18(16-8-2-1-3-9-16)19(21(27)29)26-11-4-5-12-26/h1-3,6-10,13H,4-5,11-12,14H2. The Hall–Kier alpha value is -3.09. The van der Waals surface area contributed by atoms with E-state index in [0.717, 1.165) is 29.9 Å². The summed E-state index contributed by atoms with van der Waals surface area (Å²) in [7, 11) is 0. The maximum Gasteiger partial charge on any atom is 0.416 e. The molecule has 0 atom stereocenters. The van der Waals surface area contributed by atoms with Gasteiger partial charge in [-0.15, -0.1) is 0 Å². The van der Waals surface area contributed by atoms with E-state index in [1.807, 2.05) is 11.0 Å². The van der Waals surface area contributed by atoms with Gasteiger partial charge in [-0.25, -0.2) is 0 Å². The van der Waals surface area contributed by atoms with Gasteiger partial charge in [-0.2, -0.15) is 13.2 Å². The predicted molar refractivity (Wildman–Crippen MR) is 101 cm³/mol. The van der Waals surface area contributed by atoms with Gasteiger partial charge in [0.15, 0.2) is 0 Å². The van der Waals surface area contributed by atoms with Crippen molar-refractivity contribution in [1.29, 1.82) is 0 Å². The molecule has 0 spiro atoms. The molecule has 29 heavy (non-hydrogen) atoms. The van der Waals surface area contributed by atoms with Crippen molar-refractivity contribution in [2.24, 2.45) is 0 Å². The molecule has 0 unspecified atom stereocenters. The number of amides is 2. The third-order valence-electron chi connectivity index (χ3n) is 5.22. The Labute approximate surface area is 166 Å². The van der Waals surface area contributed by atoms with E-state index in [4.69, 9.17) is 0 Å². The fourth-order valence-electron chi connectivity index (χ4n) is 3.83. The Bertz CT molecular complexity index is 977. The minimum atomic E-state index is -4.48. The lowest BCUT2D eigenvalue weighted by Gasteiger charge is -2.20.